The van der Waals surface area contributed by atoms with Crippen LogP contribution in [0.2, 0.25) is 0 Å². The standard InChI is InChI=1S/C76H123F12NO10/c1-28-34-52(30-3)64(20,21)98-59(93)68(26,44-60(11,12)13)63(18,19)49(9)42-67(25,58(92)99-70(31-4)35-32-33-36-70)65(22,23)61(14,15)45-69(27,57(91)96-50(10)37-47(7)51(29-2)43-89)62(16,17)48(8)41-66(24,46(5)6)56(90)97-55-39-53(71(94,73(77,78)79)74(80,81)82)38-54(40-55)72(95,75(83,84)85)76(86,87)88/h28,46,48-55,94-95H,1,7,29-42,44-45H2,2-6,8-27H3. The molecule has 0 aromatic heterocycles. The number of nitrogens with zero attached hydrogens (tertiary/aromatic N) is 1. The van der Waals surface area contributed by atoms with Crippen molar-refractivity contribution in [3.63, 3.8) is 0 Å². The molecule has 2 aliphatic carbocycles. The fourth-order valence-electron chi connectivity index (χ4n) is 16.4. The molecule has 2 fully saturated rings. The van der Waals surface area contributed by atoms with E-state index in [0.29, 0.717) is 50.5 Å². The van der Waals surface area contributed by atoms with Crippen LogP contribution in [0, 0.1) is 101 Å². The predicted molar refractivity (Wildman–Crippen MR) is 359 cm³/mol. The van der Waals surface area contributed by atoms with Gasteiger partial charge >= 0.3 is 48.6 Å². The van der Waals surface area contributed by atoms with Gasteiger partial charge < -0.3 is 29.2 Å². The molecule has 0 spiro atoms. The number of allylic oxidation sites excluding steroid dienone is 1. The van der Waals surface area contributed by atoms with Gasteiger partial charge in [-0.1, -0.05) is 143 Å². The summed E-state index contributed by atoms with van der Waals surface area (Å²) in [7, 11) is 0. The highest BCUT2D eigenvalue weighted by Crippen LogP contribution is 2.66. The van der Waals surface area contributed by atoms with Crippen molar-refractivity contribution in [1.82, 2.24) is 0 Å². The lowest BCUT2D eigenvalue weighted by molar-refractivity contribution is -0.405. The predicted octanol–water partition coefficient (Wildman–Crippen LogP) is 21.3. The Morgan fingerprint density at radius 1 is 0.596 bits per heavy atom. The zero-order valence-corrected chi connectivity index (χ0v) is 64.1. The molecule has 99 heavy (non-hydrogen) atoms. The summed E-state index contributed by atoms with van der Waals surface area (Å²) in [4.78, 5) is 62.3. The maximum Gasteiger partial charge on any atom is 0.426 e. The quantitative estimate of drug-likeness (QED) is 0.0277. The monoisotopic (exact) mass is 1440 g/mol. The van der Waals surface area contributed by atoms with E-state index in [1.54, 1.807) is 47.6 Å². The minimum absolute atomic E-state index is 0.0510. The van der Waals surface area contributed by atoms with Crippen LogP contribution in [0.4, 0.5) is 52.7 Å². The number of hydrogen-bond acceptors (Lipinski definition) is 11. The van der Waals surface area contributed by atoms with Gasteiger partial charge in [-0.15, -0.1) is 6.58 Å². The van der Waals surface area contributed by atoms with Gasteiger partial charge in [0.15, 0.2) is 0 Å². The van der Waals surface area contributed by atoms with Crippen molar-refractivity contribution in [3.05, 3.63) is 24.8 Å². The lowest BCUT2D eigenvalue weighted by Crippen LogP contribution is -2.67. The van der Waals surface area contributed by atoms with Crippen LogP contribution in [0.1, 0.15) is 276 Å². The number of rotatable bonds is 33. The van der Waals surface area contributed by atoms with Crippen molar-refractivity contribution in [1.29, 1.82) is 5.26 Å². The lowest BCUT2D eigenvalue weighted by Gasteiger charge is -2.59. The summed E-state index contributed by atoms with van der Waals surface area (Å²) in [6.07, 6.45) is -29.4. The topological polar surface area (TPSA) is 169 Å². The molecule has 0 aliphatic heterocycles. The molecule has 0 aromatic rings. The Morgan fingerprint density at radius 3 is 1.38 bits per heavy atom. The van der Waals surface area contributed by atoms with Crippen molar-refractivity contribution < 1.29 is 101 Å². The Morgan fingerprint density at radius 2 is 1.02 bits per heavy atom. The van der Waals surface area contributed by atoms with E-state index in [4.69, 9.17) is 18.9 Å². The van der Waals surface area contributed by atoms with Gasteiger partial charge in [-0.2, -0.15) is 57.9 Å². The summed E-state index contributed by atoms with van der Waals surface area (Å²) in [5.74, 6) is -13.3. The summed E-state index contributed by atoms with van der Waals surface area (Å²) in [6.45, 7) is 53.9. The first-order chi connectivity index (χ1) is 44.1. The minimum atomic E-state index is -6.76. The van der Waals surface area contributed by atoms with E-state index in [1.807, 2.05) is 111 Å². The van der Waals surface area contributed by atoms with E-state index < -0.39 is 187 Å². The van der Waals surface area contributed by atoms with Gasteiger partial charge in [0, 0.05) is 24.2 Å². The molecule has 2 aliphatic rings. The van der Waals surface area contributed by atoms with Crippen LogP contribution in [-0.2, 0) is 38.1 Å². The van der Waals surface area contributed by atoms with Crippen molar-refractivity contribution in [2.45, 2.75) is 335 Å². The highest BCUT2D eigenvalue weighted by Gasteiger charge is 2.79. The fourth-order valence-corrected chi connectivity index (χ4v) is 16.4. The van der Waals surface area contributed by atoms with Crippen LogP contribution < -0.4 is 0 Å². The van der Waals surface area contributed by atoms with Crippen LogP contribution >= 0.6 is 0 Å². The number of alkyl halides is 12. The second-order valence-corrected chi connectivity index (χ2v) is 35.2. The Kier molecular flexibility index (Phi) is 28.4. The molecule has 0 amide bonds. The molecule has 2 rings (SSSR count). The molecule has 2 saturated carbocycles. The number of carbonyl (C=O) groups excluding carboxylic acids is 4. The Hall–Kier alpha value is -4.07. The average Bonchev–Trinajstić information content (AvgIpc) is 0.819. The van der Waals surface area contributed by atoms with E-state index in [-0.39, 0.29) is 31.6 Å². The molecule has 0 aromatic carbocycles. The van der Waals surface area contributed by atoms with Crippen molar-refractivity contribution >= 4 is 23.9 Å². The number of ether oxygens (including phenoxy) is 4. The molecule has 2 N–H and O–H groups in total. The van der Waals surface area contributed by atoms with Gasteiger partial charge in [0.2, 0.25) is 0 Å². The summed E-state index contributed by atoms with van der Waals surface area (Å²) in [6, 6.07) is 2.21. The second-order valence-electron chi connectivity index (χ2n) is 35.2. The number of nitriles is 1. The molecule has 576 valence electrons. The van der Waals surface area contributed by atoms with E-state index in [1.165, 1.54) is 20.8 Å². The molecule has 0 bridgehead atoms. The zero-order chi connectivity index (χ0) is 78.1. The number of halogens is 12. The third-order valence-corrected chi connectivity index (χ3v) is 26.1. The first kappa shape index (κ1) is 91.0. The maximum absolute atomic E-state index is 16.1. The maximum atomic E-state index is 16.1. The molecule has 0 heterocycles. The molecule has 11 unspecified atom stereocenters. The van der Waals surface area contributed by atoms with Crippen molar-refractivity contribution in [2.24, 2.45) is 90.2 Å². The van der Waals surface area contributed by atoms with Crippen molar-refractivity contribution in [2.75, 3.05) is 0 Å². The molecule has 11 nitrogen and oxygen atoms in total. The Balaban J connectivity index is 3.15. The molecular formula is C76H123F12NO10. The highest BCUT2D eigenvalue weighted by atomic mass is 19.4. The number of esters is 4. The Bertz CT molecular complexity index is 2760. The summed E-state index contributed by atoms with van der Waals surface area (Å²) >= 11 is 0. The van der Waals surface area contributed by atoms with Crippen molar-refractivity contribution in [3.8, 4) is 6.07 Å². The number of hydrogen-bond donors (Lipinski definition) is 2. The molecular weight excluding hydrogens is 1310 g/mol. The smallest absolute Gasteiger partial charge is 0.426 e. The highest BCUT2D eigenvalue weighted by molar-refractivity contribution is 5.81. The Labute approximate surface area is 584 Å². The number of carbonyl (C=O) groups is 4. The van der Waals surface area contributed by atoms with E-state index in [2.05, 4.69) is 19.2 Å². The largest absolute Gasteiger partial charge is 0.462 e. The molecule has 0 radical (unpaired) electrons. The van der Waals surface area contributed by atoms with Gasteiger partial charge in [0.1, 0.15) is 23.4 Å². The zero-order valence-electron chi connectivity index (χ0n) is 64.1. The molecule has 11 atom stereocenters. The van der Waals surface area contributed by atoms with E-state index in [0.717, 1.165) is 12.8 Å². The summed E-state index contributed by atoms with van der Waals surface area (Å²) in [5, 5.41) is 31.0. The lowest BCUT2D eigenvalue weighted by atomic mass is 9.45. The van der Waals surface area contributed by atoms with E-state index in [9.17, 15) is 73.0 Å². The van der Waals surface area contributed by atoms with Crippen LogP contribution in [0.25, 0.3) is 0 Å². The van der Waals surface area contributed by atoms with Crippen LogP contribution in [0.15, 0.2) is 24.8 Å². The van der Waals surface area contributed by atoms with Crippen LogP contribution in [0.3, 0.4) is 0 Å². The third kappa shape index (κ3) is 18.2. The molecule has 23 heteroatoms. The first-order valence-corrected chi connectivity index (χ1v) is 35.4. The fraction of sp³-hybridized carbons (Fsp3) is 0.882. The SMILES string of the molecule is C=CCC(CC)C(C)(C)OC(=O)C(C)(CC(C)(C)C)C(C)(C)C(C)CC(C)(C(=O)OC1(CC)CCCC1)C(C)(C)C(C)(C)CC(C)(C(=O)OC(C)CC(=C)C(C#N)CC)C(C)(C)C(C)CC(C)(C(=O)OC1CC(C(O)(C(F)(F)F)C(F)(F)F)CC(C(O)(C(F)(F)F)C(F)(F)F)C1)C(C)C. The molecule has 0 saturated heterocycles. The second kappa shape index (κ2) is 30.9. The minimum Gasteiger partial charge on any atom is -0.462 e. The van der Waals surface area contributed by atoms with Gasteiger partial charge in [-0.05, 0) is 190 Å². The van der Waals surface area contributed by atoms with Gasteiger partial charge in [0.25, 0.3) is 11.2 Å². The van der Waals surface area contributed by atoms with Crippen LogP contribution in [-0.4, -0.2) is 93.4 Å². The normalized spacial score (nSPS) is 22.4. The first-order valence-electron chi connectivity index (χ1n) is 35.4. The van der Waals surface area contributed by atoms with Gasteiger partial charge in [0.05, 0.1) is 33.6 Å². The van der Waals surface area contributed by atoms with Gasteiger partial charge in [-0.25, -0.2) is 0 Å². The number of aliphatic hydroxyl groups is 2. The summed E-state index contributed by atoms with van der Waals surface area (Å²) in [5.41, 5.74) is -24.7. The van der Waals surface area contributed by atoms with Gasteiger partial charge in [-0.3, -0.25) is 19.2 Å². The average molecular weight is 1440 g/mol. The van der Waals surface area contributed by atoms with E-state index >= 15 is 14.4 Å². The third-order valence-electron chi connectivity index (χ3n) is 26.1. The van der Waals surface area contributed by atoms with Crippen LogP contribution in [0.5, 0.6) is 0 Å². The summed E-state index contributed by atoms with van der Waals surface area (Å²) < 4.78 is 200.